The molecular formula is C19H22ClF3N6O. The highest BCUT2D eigenvalue weighted by Crippen LogP contribution is 2.47. The van der Waals surface area contributed by atoms with Crippen LogP contribution in [0.1, 0.15) is 38.6 Å². The Labute approximate surface area is 176 Å². The molecule has 30 heavy (non-hydrogen) atoms. The van der Waals surface area contributed by atoms with Crippen LogP contribution in [0, 0.1) is 11.2 Å². The third-order valence-corrected chi connectivity index (χ3v) is 5.96. The van der Waals surface area contributed by atoms with Crippen LogP contribution in [-0.2, 0) is 16.9 Å². The zero-order valence-corrected chi connectivity index (χ0v) is 17.6. The lowest BCUT2D eigenvalue weighted by atomic mass is 9.67. The summed E-state index contributed by atoms with van der Waals surface area (Å²) in [5.41, 5.74) is 4.42. The Morgan fingerprint density at radius 3 is 2.57 bits per heavy atom. The summed E-state index contributed by atoms with van der Waals surface area (Å²) in [6.07, 6.45) is 1.03. The van der Waals surface area contributed by atoms with Gasteiger partial charge in [0.2, 0.25) is 5.91 Å². The Bertz CT molecular complexity index is 1020. The molecule has 0 saturated carbocycles. The number of anilines is 1. The number of hydrogen-bond acceptors (Lipinski definition) is 5. The number of guanidine groups is 1. The molecule has 1 aromatic heterocycles. The number of nitrogens with one attached hydrogen (secondary N) is 1. The first-order chi connectivity index (χ1) is 13.9. The first-order valence-electron chi connectivity index (χ1n) is 9.07. The number of alkyl halides is 2. The average Bonchev–Trinajstić information content (AvgIpc) is 3.05. The van der Waals surface area contributed by atoms with Crippen molar-refractivity contribution in [1.82, 2.24) is 14.7 Å². The molecule has 0 saturated heterocycles. The van der Waals surface area contributed by atoms with Gasteiger partial charge >= 0.3 is 6.55 Å². The van der Waals surface area contributed by atoms with Crippen LogP contribution in [0.3, 0.4) is 0 Å². The molecule has 1 aliphatic heterocycles. The van der Waals surface area contributed by atoms with Crippen LogP contribution in [-0.4, -0.2) is 33.6 Å². The fraction of sp³-hybridized carbons (Fsp3) is 0.421. The van der Waals surface area contributed by atoms with E-state index in [1.807, 2.05) is 0 Å². The maximum atomic E-state index is 14.8. The molecule has 0 spiro atoms. The number of amides is 1. The summed E-state index contributed by atoms with van der Waals surface area (Å²) in [5, 5.41) is 6.80. The summed E-state index contributed by atoms with van der Waals surface area (Å²) in [7, 11) is 1.51. The van der Waals surface area contributed by atoms with Crippen molar-refractivity contribution < 1.29 is 18.0 Å². The van der Waals surface area contributed by atoms with Crippen LogP contribution in [0.2, 0.25) is 5.02 Å². The number of carbonyl (C=O) groups excluding carboxylic acids is 1. The van der Waals surface area contributed by atoms with Crippen molar-refractivity contribution in [3.8, 4) is 0 Å². The number of nitrogens with two attached hydrogens (primary N) is 1. The van der Waals surface area contributed by atoms with Gasteiger partial charge < -0.3 is 11.1 Å². The van der Waals surface area contributed by atoms with E-state index in [0.717, 1.165) is 6.20 Å². The van der Waals surface area contributed by atoms with Crippen LogP contribution >= 0.6 is 11.6 Å². The lowest BCUT2D eigenvalue weighted by Crippen LogP contribution is -2.58. The standard InChI is InChI=1S/C19H22ClF3N6O/c1-18(2)15(30)28(4)17(24)26-19(18,3)11-7-10(5-6-13(11)21)25-8-14-12(20)9-29(27-14)16(22)23/h5-7,9,16,25H,8H2,1-4H3,(H2,24,26)/t19-/m1/s1. The van der Waals surface area contributed by atoms with E-state index in [-0.39, 0.29) is 34.7 Å². The fourth-order valence-corrected chi connectivity index (χ4v) is 3.60. The van der Waals surface area contributed by atoms with Gasteiger partial charge in [-0.25, -0.2) is 14.1 Å². The highest BCUT2D eigenvalue weighted by Gasteiger charge is 2.53. The molecule has 162 valence electrons. The lowest BCUT2D eigenvalue weighted by molar-refractivity contribution is -0.140. The number of halogens is 4. The van der Waals surface area contributed by atoms with E-state index in [9.17, 15) is 18.0 Å². The third kappa shape index (κ3) is 3.49. The zero-order valence-electron chi connectivity index (χ0n) is 16.9. The molecule has 0 radical (unpaired) electrons. The van der Waals surface area contributed by atoms with E-state index < -0.39 is 23.3 Å². The van der Waals surface area contributed by atoms with Crippen molar-refractivity contribution in [3.05, 3.63) is 46.5 Å². The number of rotatable bonds is 5. The molecule has 3 rings (SSSR count). The monoisotopic (exact) mass is 442 g/mol. The van der Waals surface area contributed by atoms with Crippen LogP contribution < -0.4 is 11.1 Å². The van der Waals surface area contributed by atoms with E-state index in [1.54, 1.807) is 20.8 Å². The van der Waals surface area contributed by atoms with Gasteiger partial charge in [-0.05, 0) is 39.0 Å². The molecule has 1 aliphatic rings. The lowest BCUT2D eigenvalue weighted by Gasteiger charge is -2.46. The second-order valence-electron chi connectivity index (χ2n) is 7.76. The Morgan fingerprint density at radius 2 is 1.97 bits per heavy atom. The van der Waals surface area contributed by atoms with Gasteiger partial charge in [0.05, 0.1) is 17.0 Å². The number of aliphatic imine (C=N–C) groups is 1. The molecule has 11 heteroatoms. The van der Waals surface area contributed by atoms with Crippen LogP contribution in [0.5, 0.6) is 0 Å². The first kappa shape index (κ1) is 21.9. The number of benzene rings is 1. The Morgan fingerprint density at radius 1 is 1.30 bits per heavy atom. The minimum atomic E-state index is -2.80. The molecule has 7 nitrogen and oxygen atoms in total. The van der Waals surface area contributed by atoms with Gasteiger partial charge in [0.1, 0.15) is 17.1 Å². The Hall–Kier alpha value is -2.75. The molecule has 0 bridgehead atoms. The Kier molecular flexibility index (Phi) is 5.48. The van der Waals surface area contributed by atoms with Gasteiger partial charge in [0.25, 0.3) is 0 Å². The third-order valence-electron chi connectivity index (χ3n) is 5.65. The molecule has 0 fully saturated rings. The highest BCUT2D eigenvalue weighted by molar-refractivity contribution is 6.31. The molecule has 1 atom stereocenters. The fourth-order valence-electron chi connectivity index (χ4n) is 3.39. The highest BCUT2D eigenvalue weighted by atomic mass is 35.5. The topological polar surface area (TPSA) is 88.5 Å². The summed E-state index contributed by atoms with van der Waals surface area (Å²) >= 11 is 5.95. The van der Waals surface area contributed by atoms with Gasteiger partial charge in [-0.3, -0.25) is 9.69 Å². The molecule has 0 aliphatic carbocycles. The molecule has 0 unspecified atom stereocenters. The van der Waals surface area contributed by atoms with E-state index >= 15 is 0 Å². The van der Waals surface area contributed by atoms with Crippen molar-refractivity contribution in [3.63, 3.8) is 0 Å². The van der Waals surface area contributed by atoms with E-state index in [4.69, 9.17) is 17.3 Å². The van der Waals surface area contributed by atoms with Crippen molar-refractivity contribution in [2.45, 2.75) is 39.4 Å². The molecule has 3 N–H and O–H groups in total. The second kappa shape index (κ2) is 7.50. The molecular weight excluding hydrogens is 421 g/mol. The van der Waals surface area contributed by atoms with Gasteiger partial charge in [-0.15, -0.1) is 0 Å². The Balaban J connectivity index is 1.95. The van der Waals surface area contributed by atoms with Crippen molar-refractivity contribution in [1.29, 1.82) is 0 Å². The molecule has 2 heterocycles. The predicted molar refractivity (Wildman–Crippen MR) is 108 cm³/mol. The maximum Gasteiger partial charge on any atom is 0.333 e. The number of aromatic nitrogens is 2. The summed E-state index contributed by atoms with van der Waals surface area (Å²) in [6, 6.07) is 4.24. The van der Waals surface area contributed by atoms with Crippen molar-refractivity contribution in [2.24, 2.45) is 16.1 Å². The second-order valence-corrected chi connectivity index (χ2v) is 8.17. The summed E-state index contributed by atoms with van der Waals surface area (Å²) in [6.45, 7) is 2.24. The van der Waals surface area contributed by atoms with Gasteiger partial charge in [-0.1, -0.05) is 11.6 Å². The molecule has 1 aromatic carbocycles. The maximum absolute atomic E-state index is 14.8. The smallest absolute Gasteiger partial charge is 0.333 e. The number of hydrogen-bond donors (Lipinski definition) is 2. The van der Waals surface area contributed by atoms with Crippen LogP contribution in [0.25, 0.3) is 0 Å². The summed E-state index contributed by atoms with van der Waals surface area (Å²) in [5.74, 6) is -0.853. The predicted octanol–water partition coefficient (Wildman–Crippen LogP) is 3.71. The minimum absolute atomic E-state index is 0.0103. The van der Waals surface area contributed by atoms with Crippen LogP contribution in [0.15, 0.2) is 29.4 Å². The molecule has 2 aromatic rings. The number of nitrogens with zero attached hydrogens (tertiary/aromatic N) is 4. The minimum Gasteiger partial charge on any atom is -0.379 e. The van der Waals surface area contributed by atoms with Crippen molar-refractivity contribution in [2.75, 3.05) is 12.4 Å². The summed E-state index contributed by atoms with van der Waals surface area (Å²) in [4.78, 5) is 18.5. The average molecular weight is 443 g/mol. The van der Waals surface area contributed by atoms with Gasteiger partial charge in [-0.2, -0.15) is 13.9 Å². The van der Waals surface area contributed by atoms with Gasteiger partial charge in [0.15, 0.2) is 5.96 Å². The largest absolute Gasteiger partial charge is 0.379 e. The molecule has 1 amide bonds. The zero-order chi connectivity index (χ0) is 22.4. The van der Waals surface area contributed by atoms with Gasteiger partial charge in [0, 0.05) is 24.5 Å². The van der Waals surface area contributed by atoms with Crippen LogP contribution in [0.4, 0.5) is 18.9 Å². The number of carbonyl (C=O) groups is 1. The SMILES string of the molecule is CN1C(=O)C(C)(C)[C@@](C)(c2cc(NCc3nn(C(F)F)cc3Cl)ccc2F)N=C1N. The normalized spacial score (nSPS) is 21.2. The van der Waals surface area contributed by atoms with Crippen molar-refractivity contribution >= 4 is 29.2 Å². The van der Waals surface area contributed by atoms with E-state index in [2.05, 4.69) is 15.4 Å². The van der Waals surface area contributed by atoms with E-state index in [0.29, 0.717) is 10.4 Å². The quantitative estimate of drug-likeness (QED) is 0.738. The van der Waals surface area contributed by atoms with E-state index in [1.165, 1.54) is 30.1 Å². The summed E-state index contributed by atoms with van der Waals surface area (Å²) < 4.78 is 40.8. The first-order valence-corrected chi connectivity index (χ1v) is 9.45.